The molecule has 0 radical (unpaired) electrons. The molecule has 192 valence electrons. The molecule has 1 aliphatic carbocycles. The Kier molecular flexibility index (Phi) is 6.79. The minimum absolute atomic E-state index is 0.0671. The van der Waals surface area contributed by atoms with Gasteiger partial charge in [-0.15, -0.1) is 4.72 Å². The maximum atomic E-state index is 12.8. The van der Waals surface area contributed by atoms with Crippen molar-refractivity contribution in [2.24, 2.45) is 5.41 Å². The van der Waals surface area contributed by atoms with Crippen molar-refractivity contribution in [2.45, 2.75) is 64.2 Å². The Morgan fingerprint density at radius 3 is 2.64 bits per heavy atom. The standard InChI is InChI=1S/C26H31Cl2N5O2S/c1-16-21(18-6-5-7-19(27)22(18)28)23-29-10-13-33(23)24(30-16)32-11-8-26(9-12-32)15-17(34)14-20(26)31-36(35)25(2,3)4/h5-7,10,13,20,31H,8-9,11-12,14-15H2,1-4H3/t20-,36?/m1/s1. The second-order valence-electron chi connectivity index (χ2n) is 10.9. The first-order chi connectivity index (χ1) is 17.0. The molecule has 3 heterocycles. The van der Waals surface area contributed by atoms with Crippen LogP contribution in [0.4, 0.5) is 5.95 Å². The zero-order valence-electron chi connectivity index (χ0n) is 21.0. The van der Waals surface area contributed by atoms with E-state index in [-0.39, 0.29) is 22.0 Å². The number of hydrogen-bond donors (Lipinski definition) is 1. The van der Waals surface area contributed by atoms with Crippen LogP contribution in [0, 0.1) is 12.3 Å². The highest BCUT2D eigenvalue weighted by Gasteiger charge is 2.51. The molecule has 2 atom stereocenters. The predicted octanol–water partition coefficient (Wildman–Crippen LogP) is 5.38. The SMILES string of the molecule is Cc1nc(N2CCC3(CC2)CC(=O)C[C@H]3N[S+]([O-])C(C)(C)C)n2ccnc2c1-c1cccc(Cl)c1Cl. The van der Waals surface area contributed by atoms with Crippen LogP contribution in [0.5, 0.6) is 0 Å². The topological polar surface area (TPSA) is 85.6 Å². The Morgan fingerprint density at radius 1 is 1.22 bits per heavy atom. The molecule has 2 aliphatic rings. The first-order valence-electron chi connectivity index (χ1n) is 12.2. The highest BCUT2D eigenvalue weighted by Crippen LogP contribution is 2.46. The fourth-order valence-corrected chi connectivity index (χ4v) is 6.83. The number of halogens is 2. The molecule has 2 aromatic heterocycles. The van der Waals surface area contributed by atoms with Gasteiger partial charge in [0.15, 0.2) is 0 Å². The molecular formula is C26H31Cl2N5O2S. The Balaban J connectivity index is 1.43. The average Bonchev–Trinajstić information content (AvgIpc) is 3.40. The first-order valence-corrected chi connectivity index (χ1v) is 14.1. The highest BCUT2D eigenvalue weighted by atomic mass is 35.5. The zero-order valence-corrected chi connectivity index (χ0v) is 23.3. The number of hydrogen-bond acceptors (Lipinski definition) is 6. The number of aryl methyl sites for hydroxylation is 1. The third-order valence-corrected chi connectivity index (χ3v) is 9.93. The Bertz CT molecular complexity index is 1310. The predicted molar refractivity (Wildman–Crippen MR) is 146 cm³/mol. The van der Waals surface area contributed by atoms with Crippen LogP contribution in [0.25, 0.3) is 16.8 Å². The van der Waals surface area contributed by atoms with E-state index < -0.39 is 11.4 Å². The van der Waals surface area contributed by atoms with Gasteiger partial charge in [0, 0.05) is 66.2 Å². The van der Waals surface area contributed by atoms with Crippen molar-refractivity contribution in [1.82, 2.24) is 19.1 Å². The van der Waals surface area contributed by atoms with E-state index in [1.165, 1.54) is 0 Å². The van der Waals surface area contributed by atoms with E-state index in [0.29, 0.717) is 22.9 Å². The summed E-state index contributed by atoms with van der Waals surface area (Å²) in [5.41, 5.74) is 3.09. The van der Waals surface area contributed by atoms with Crippen LogP contribution in [0.15, 0.2) is 30.6 Å². The van der Waals surface area contributed by atoms with Gasteiger partial charge in [0.05, 0.1) is 21.8 Å². The number of Topliss-reactive ketones (excluding diaryl/α,β-unsaturated/α-hetero) is 1. The van der Waals surface area contributed by atoms with Crippen LogP contribution < -0.4 is 9.62 Å². The summed E-state index contributed by atoms with van der Waals surface area (Å²) in [6.45, 7) is 9.33. The van der Waals surface area contributed by atoms with Crippen LogP contribution in [0.3, 0.4) is 0 Å². The van der Waals surface area contributed by atoms with Crippen molar-refractivity contribution in [1.29, 1.82) is 0 Å². The molecule has 5 rings (SSSR count). The van der Waals surface area contributed by atoms with Crippen LogP contribution in [-0.4, -0.2) is 48.6 Å². The Labute approximate surface area is 224 Å². The summed E-state index contributed by atoms with van der Waals surface area (Å²) >= 11 is 11.6. The summed E-state index contributed by atoms with van der Waals surface area (Å²) in [7, 11) is 0. The van der Waals surface area contributed by atoms with Crippen molar-refractivity contribution in [3.8, 4) is 11.1 Å². The smallest absolute Gasteiger partial charge is 0.211 e. The summed E-state index contributed by atoms with van der Waals surface area (Å²) in [6, 6.07) is 5.51. The fraction of sp³-hybridized carbons (Fsp3) is 0.500. The molecule has 2 fully saturated rings. The van der Waals surface area contributed by atoms with Crippen molar-refractivity contribution in [3.05, 3.63) is 46.3 Å². The third kappa shape index (κ3) is 4.52. The van der Waals surface area contributed by atoms with Gasteiger partial charge >= 0.3 is 0 Å². The second-order valence-corrected chi connectivity index (χ2v) is 13.7. The van der Waals surface area contributed by atoms with E-state index >= 15 is 0 Å². The molecule has 1 aliphatic heterocycles. The summed E-state index contributed by atoms with van der Waals surface area (Å²) < 4.78 is 17.8. The van der Waals surface area contributed by atoms with Crippen molar-refractivity contribution in [3.63, 3.8) is 0 Å². The van der Waals surface area contributed by atoms with E-state index in [4.69, 9.17) is 28.2 Å². The number of aromatic nitrogens is 3. The number of carbonyl (C=O) groups excluding carboxylic acids is 1. The number of fused-ring (bicyclic) bond motifs is 1. The zero-order chi connectivity index (χ0) is 25.8. The van der Waals surface area contributed by atoms with Crippen molar-refractivity contribution in [2.75, 3.05) is 18.0 Å². The van der Waals surface area contributed by atoms with E-state index in [2.05, 4.69) is 14.6 Å². The van der Waals surface area contributed by atoms with E-state index in [1.54, 1.807) is 12.3 Å². The third-order valence-electron chi connectivity index (χ3n) is 7.50. The van der Waals surface area contributed by atoms with Crippen LogP contribution in [0.2, 0.25) is 10.0 Å². The second kappa shape index (κ2) is 9.48. The lowest BCUT2D eigenvalue weighted by atomic mass is 9.74. The van der Waals surface area contributed by atoms with E-state index in [1.807, 2.05) is 50.4 Å². The summed E-state index contributed by atoms with van der Waals surface area (Å²) in [5, 5.41) is 0.976. The lowest BCUT2D eigenvalue weighted by Crippen LogP contribution is -2.53. The minimum Gasteiger partial charge on any atom is -0.598 e. The van der Waals surface area contributed by atoms with Crippen LogP contribution >= 0.6 is 23.2 Å². The lowest BCUT2D eigenvalue weighted by Gasteiger charge is -2.43. The summed E-state index contributed by atoms with van der Waals surface area (Å²) in [4.78, 5) is 24.4. The number of imidazole rings is 1. The van der Waals surface area contributed by atoms with Crippen LogP contribution in [0.1, 0.15) is 52.1 Å². The number of nitrogens with one attached hydrogen (secondary N) is 1. The van der Waals surface area contributed by atoms with Gasteiger partial charge in [0.25, 0.3) is 0 Å². The molecule has 1 aromatic carbocycles. The van der Waals surface area contributed by atoms with Gasteiger partial charge in [-0.1, -0.05) is 35.3 Å². The molecule has 1 spiro atoms. The number of carbonyl (C=O) groups is 1. The molecule has 0 amide bonds. The number of rotatable bonds is 4. The Morgan fingerprint density at radius 2 is 1.94 bits per heavy atom. The van der Waals surface area contributed by atoms with Gasteiger partial charge < -0.3 is 9.45 Å². The van der Waals surface area contributed by atoms with E-state index in [9.17, 15) is 9.35 Å². The Hall–Kier alpha value is -1.84. The molecule has 3 aromatic rings. The normalized spacial score (nSPS) is 21.0. The number of piperidine rings is 1. The molecule has 7 nitrogen and oxygen atoms in total. The summed E-state index contributed by atoms with van der Waals surface area (Å²) in [5.74, 6) is 1.07. The number of ketones is 1. The molecule has 1 saturated heterocycles. The number of anilines is 1. The number of nitrogens with zero attached hydrogens (tertiary/aromatic N) is 4. The van der Waals surface area contributed by atoms with Gasteiger partial charge in [-0.3, -0.25) is 9.20 Å². The van der Waals surface area contributed by atoms with Crippen molar-refractivity contribution >= 4 is 51.9 Å². The molecular weight excluding hydrogens is 517 g/mol. The molecule has 10 heteroatoms. The van der Waals surface area contributed by atoms with Gasteiger partial charge in [0.2, 0.25) is 5.95 Å². The van der Waals surface area contributed by atoms with Gasteiger partial charge in [-0.2, -0.15) is 0 Å². The first kappa shape index (κ1) is 25.8. The van der Waals surface area contributed by atoms with Crippen molar-refractivity contribution < 1.29 is 9.35 Å². The molecule has 0 bridgehead atoms. The van der Waals surface area contributed by atoms with Gasteiger partial charge in [0.1, 0.15) is 16.2 Å². The fourth-order valence-electron chi connectivity index (χ4n) is 5.49. The van der Waals surface area contributed by atoms with Gasteiger partial charge in [-0.25, -0.2) is 9.97 Å². The quantitative estimate of drug-likeness (QED) is 0.441. The number of benzene rings is 1. The largest absolute Gasteiger partial charge is 0.598 e. The minimum atomic E-state index is -1.22. The lowest BCUT2D eigenvalue weighted by molar-refractivity contribution is -0.118. The maximum Gasteiger partial charge on any atom is 0.211 e. The summed E-state index contributed by atoms with van der Waals surface area (Å²) in [6.07, 6.45) is 6.33. The highest BCUT2D eigenvalue weighted by molar-refractivity contribution is 7.90. The monoisotopic (exact) mass is 547 g/mol. The molecule has 1 saturated carbocycles. The maximum absolute atomic E-state index is 12.8. The molecule has 1 N–H and O–H groups in total. The van der Waals surface area contributed by atoms with Gasteiger partial charge in [-0.05, 0) is 46.6 Å². The van der Waals surface area contributed by atoms with Crippen LogP contribution in [-0.2, 0) is 16.2 Å². The molecule has 1 unspecified atom stereocenters. The van der Waals surface area contributed by atoms with E-state index in [0.717, 1.165) is 54.3 Å². The average molecular weight is 549 g/mol. The molecule has 36 heavy (non-hydrogen) atoms.